The molecule has 0 N–H and O–H groups in total. The minimum atomic E-state index is -0.558. The molecule has 2 aromatic rings. The van der Waals surface area contributed by atoms with Crippen LogP contribution >= 0.6 is 31.9 Å². The van der Waals surface area contributed by atoms with E-state index in [1.807, 2.05) is 0 Å². The molecule has 2 heterocycles. The van der Waals surface area contributed by atoms with Gasteiger partial charge in [0.05, 0.1) is 4.47 Å². The number of nitrogens with zero attached hydrogens (tertiary/aromatic N) is 3. The largest absolute Gasteiger partial charge is 0.453 e. The summed E-state index contributed by atoms with van der Waals surface area (Å²) in [6.45, 7) is 1.60. The van der Waals surface area contributed by atoms with Gasteiger partial charge in [0.25, 0.3) is 0 Å². The predicted molar refractivity (Wildman–Crippen MR) is 67.8 cm³/mol. The fraction of sp³-hybridized carbons (Fsp3) is 0.200. The van der Waals surface area contributed by atoms with E-state index in [2.05, 4.69) is 47.0 Å². The third-order valence-electron chi connectivity index (χ3n) is 1.90. The lowest BCUT2D eigenvalue weighted by atomic mass is 10.3. The second-order valence-electron chi connectivity index (χ2n) is 3.29. The molecule has 0 bridgehead atoms. The Kier molecular flexibility index (Phi) is 4.07. The van der Waals surface area contributed by atoms with Crippen LogP contribution in [0.1, 0.15) is 22.2 Å². The standard InChI is InChI=1S/C10H7Br2N3O3/c1-5-14-8(15-18-5)4-17-10(16)9-7(12)2-6(11)3-13-9/h2-3H,4H2,1H3. The predicted octanol–water partition coefficient (Wildman–Crippen LogP) is 2.66. The first-order valence-corrected chi connectivity index (χ1v) is 6.42. The maximum absolute atomic E-state index is 11.7. The van der Waals surface area contributed by atoms with E-state index in [-0.39, 0.29) is 12.3 Å². The minimum Gasteiger partial charge on any atom is -0.453 e. The third kappa shape index (κ3) is 3.14. The van der Waals surface area contributed by atoms with Gasteiger partial charge >= 0.3 is 5.97 Å². The Balaban J connectivity index is 2.03. The van der Waals surface area contributed by atoms with Crippen molar-refractivity contribution in [3.05, 3.63) is 38.6 Å². The van der Waals surface area contributed by atoms with E-state index in [0.29, 0.717) is 16.2 Å². The first kappa shape index (κ1) is 13.2. The van der Waals surface area contributed by atoms with Gasteiger partial charge in [-0.1, -0.05) is 5.16 Å². The van der Waals surface area contributed by atoms with Crippen LogP contribution in [0.2, 0.25) is 0 Å². The molecule has 0 saturated carbocycles. The van der Waals surface area contributed by atoms with Crippen molar-refractivity contribution in [3.63, 3.8) is 0 Å². The van der Waals surface area contributed by atoms with Crippen LogP contribution in [0.5, 0.6) is 0 Å². The molecule has 0 aliphatic rings. The second-order valence-corrected chi connectivity index (χ2v) is 5.06. The number of hydrogen-bond acceptors (Lipinski definition) is 6. The summed E-state index contributed by atoms with van der Waals surface area (Å²) in [5, 5.41) is 3.61. The number of aromatic nitrogens is 3. The molecule has 0 aromatic carbocycles. The molecule has 0 radical (unpaired) electrons. The highest BCUT2D eigenvalue weighted by atomic mass is 79.9. The number of rotatable bonds is 3. The minimum absolute atomic E-state index is 0.0552. The molecule has 6 nitrogen and oxygen atoms in total. The molecule has 94 valence electrons. The van der Waals surface area contributed by atoms with Gasteiger partial charge in [-0.25, -0.2) is 9.78 Å². The van der Waals surface area contributed by atoms with Crippen LogP contribution in [0.25, 0.3) is 0 Å². The molecular formula is C10H7Br2N3O3. The van der Waals surface area contributed by atoms with Gasteiger partial charge < -0.3 is 9.26 Å². The van der Waals surface area contributed by atoms with Crippen molar-refractivity contribution in [1.82, 2.24) is 15.1 Å². The molecule has 0 atom stereocenters. The third-order valence-corrected chi connectivity index (χ3v) is 2.94. The number of ether oxygens (including phenoxy) is 1. The summed E-state index contributed by atoms with van der Waals surface area (Å²) in [7, 11) is 0. The molecule has 0 unspecified atom stereocenters. The summed E-state index contributed by atoms with van der Waals surface area (Å²) < 4.78 is 11.1. The molecule has 0 aliphatic carbocycles. The Labute approximate surface area is 119 Å². The topological polar surface area (TPSA) is 78.1 Å². The van der Waals surface area contributed by atoms with E-state index in [4.69, 9.17) is 9.26 Å². The van der Waals surface area contributed by atoms with Crippen molar-refractivity contribution in [2.24, 2.45) is 0 Å². The lowest BCUT2D eigenvalue weighted by Gasteiger charge is -2.03. The van der Waals surface area contributed by atoms with Crippen LogP contribution in [-0.4, -0.2) is 21.1 Å². The Morgan fingerprint density at radius 3 is 2.89 bits per heavy atom. The van der Waals surface area contributed by atoms with Gasteiger partial charge in [0.15, 0.2) is 12.3 Å². The average molecular weight is 377 g/mol. The van der Waals surface area contributed by atoms with Crippen molar-refractivity contribution >= 4 is 37.8 Å². The molecule has 8 heteroatoms. The van der Waals surface area contributed by atoms with Gasteiger partial charge in [0.2, 0.25) is 11.7 Å². The zero-order valence-electron chi connectivity index (χ0n) is 9.18. The first-order chi connectivity index (χ1) is 8.56. The normalized spacial score (nSPS) is 10.4. The van der Waals surface area contributed by atoms with Crippen LogP contribution in [-0.2, 0) is 11.3 Å². The number of carbonyl (C=O) groups excluding carboxylic acids is 1. The van der Waals surface area contributed by atoms with Gasteiger partial charge in [-0.3, -0.25) is 0 Å². The summed E-state index contributed by atoms with van der Waals surface area (Å²) in [5.74, 6) is 0.176. The smallest absolute Gasteiger partial charge is 0.358 e. The molecule has 0 spiro atoms. The van der Waals surface area contributed by atoms with E-state index in [9.17, 15) is 4.79 Å². The van der Waals surface area contributed by atoms with Gasteiger partial charge in [0.1, 0.15) is 0 Å². The molecule has 0 amide bonds. The summed E-state index contributed by atoms with van der Waals surface area (Å²) in [5.41, 5.74) is 0.193. The van der Waals surface area contributed by atoms with E-state index in [1.165, 1.54) is 6.20 Å². The number of hydrogen-bond donors (Lipinski definition) is 0. The second kappa shape index (κ2) is 5.57. The molecule has 0 saturated heterocycles. The fourth-order valence-corrected chi connectivity index (χ4v) is 2.31. The number of halogens is 2. The maximum atomic E-state index is 11.7. The summed E-state index contributed by atoms with van der Waals surface area (Å²) >= 11 is 6.48. The van der Waals surface area contributed by atoms with Crippen molar-refractivity contribution in [1.29, 1.82) is 0 Å². The van der Waals surface area contributed by atoms with Gasteiger partial charge in [0, 0.05) is 17.6 Å². The quantitative estimate of drug-likeness (QED) is 0.766. The molecular weight excluding hydrogens is 370 g/mol. The lowest BCUT2D eigenvalue weighted by Crippen LogP contribution is -2.09. The number of aryl methyl sites for hydroxylation is 1. The fourth-order valence-electron chi connectivity index (χ4n) is 1.16. The van der Waals surface area contributed by atoms with Crippen LogP contribution in [0, 0.1) is 6.92 Å². The van der Waals surface area contributed by atoms with Crippen molar-refractivity contribution in [2.75, 3.05) is 0 Å². The first-order valence-electron chi connectivity index (χ1n) is 4.83. The van der Waals surface area contributed by atoms with Crippen molar-refractivity contribution < 1.29 is 14.1 Å². The van der Waals surface area contributed by atoms with Crippen LogP contribution in [0.3, 0.4) is 0 Å². The Hall–Kier alpha value is -1.28. The van der Waals surface area contributed by atoms with E-state index in [0.717, 1.165) is 4.47 Å². The van der Waals surface area contributed by atoms with E-state index >= 15 is 0 Å². The van der Waals surface area contributed by atoms with E-state index in [1.54, 1.807) is 13.0 Å². The lowest BCUT2D eigenvalue weighted by molar-refractivity contribution is 0.0451. The Bertz CT molecular complexity index is 585. The summed E-state index contributed by atoms with van der Waals surface area (Å²) in [6.07, 6.45) is 1.51. The van der Waals surface area contributed by atoms with Gasteiger partial charge in [-0.05, 0) is 37.9 Å². The molecule has 0 aliphatic heterocycles. The summed E-state index contributed by atoms with van der Waals surface area (Å²) in [6, 6.07) is 1.71. The highest BCUT2D eigenvalue weighted by Gasteiger charge is 2.15. The maximum Gasteiger partial charge on any atom is 0.358 e. The number of esters is 1. The Morgan fingerprint density at radius 2 is 2.28 bits per heavy atom. The number of pyridine rings is 1. The summed E-state index contributed by atoms with van der Waals surface area (Å²) in [4.78, 5) is 19.6. The zero-order chi connectivity index (χ0) is 13.1. The molecule has 2 rings (SSSR count). The van der Waals surface area contributed by atoms with Gasteiger partial charge in [-0.2, -0.15) is 4.98 Å². The number of carbonyl (C=O) groups is 1. The Morgan fingerprint density at radius 1 is 1.50 bits per heavy atom. The molecule has 18 heavy (non-hydrogen) atoms. The van der Waals surface area contributed by atoms with Crippen LogP contribution in [0.4, 0.5) is 0 Å². The average Bonchev–Trinajstić information content (AvgIpc) is 2.72. The van der Waals surface area contributed by atoms with Crippen molar-refractivity contribution in [3.8, 4) is 0 Å². The zero-order valence-corrected chi connectivity index (χ0v) is 12.4. The van der Waals surface area contributed by atoms with Gasteiger partial charge in [-0.15, -0.1) is 0 Å². The monoisotopic (exact) mass is 375 g/mol. The van der Waals surface area contributed by atoms with Crippen molar-refractivity contribution in [2.45, 2.75) is 13.5 Å². The molecule has 2 aromatic heterocycles. The van der Waals surface area contributed by atoms with Crippen LogP contribution in [0.15, 0.2) is 25.7 Å². The van der Waals surface area contributed by atoms with E-state index < -0.39 is 5.97 Å². The SMILES string of the molecule is Cc1nc(COC(=O)c2ncc(Br)cc2Br)no1. The highest BCUT2D eigenvalue weighted by molar-refractivity contribution is 9.11. The highest BCUT2D eigenvalue weighted by Crippen LogP contribution is 2.20. The van der Waals surface area contributed by atoms with Crippen LogP contribution < -0.4 is 0 Å². The molecule has 0 fully saturated rings.